The number of amides is 2. The van der Waals surface area contributed by atoms with Crippen molar-refractivity contribution in [1.82, 2.24) is 9.80 Å². The average Bonchev–Trinajstić information content (AvgIpc) is 2.78. The van der Waals surface area contributed by atoms with Gasteiger partial charge in [-0.25, -0.2) is 0 Å². The van der Waals surface area contributed by atoms with Gasteiger partial charge in [-0.05, 0) is 24.6 Å². The van der Waals surface area contributed by atoms with E-state index in [1.54, 1.807) is 12.1 Å². The fraction of sp³-hybridized carbons (Fsp3) is 0.467. The number of benzene rings is 1. The summed E-state index contributed by atoms with van der Waals surface area (Å²) in [5, 5.41) is 0.350. The van der Waals surface area contributed by atoms with Gasteiger partial charge in [-0.1, -0.05) is 11.6 Å². The van der Waals surface area contributed by atoms with Crippen molar-refractivity contribution in [1.29, 1.82) is 0 Å². The van der Waals surface area contributed by atoms with Gasteiger partial charge in [0, 0.05) is 31.2 Å². The summed E-state index contributed by atoms with van der Waals surface area (Å²) in [5.74, 6) is -1.94. The zero-order chi connectivity index (χ0) is 17.9. The predicted octanol–water partition coefficient (Wildman–Crippen LogP) is 2.59. The van der Waals surface area contributed by atoms with Crippen LogP contribution in [0.1, 0.15) is 16.8 Å². The summed E-state index contributed by atoms with van der Waals surface area (Å²) in [6.45, 7) is 0.0359. The van der Waals surface area contributed by atoms with Crippen LogP contribution in [0.2, 0.25) is 5.02 Å². The maximum atomic E-state index is 12.6. The SMILES string of the molecule is COc1ccc(Cl)cc1C(=O)N1CCCN(C(=O)C(F)(F)F)CC1. The van der Waals surface area contributed by atoms with E-state index in [2.05, 4.69) is 0 Å². The van der Waals surface area contributed by atoms with E-state index >= 15 is 0 Å². The molecule has 132 valence electrons. The van der Waals surface area contributed by atoms with Crippen LogP contribution < -0.4 is 4.74 Å². The molecule has 1 aromatic carbocycles. The van der Waals surface area contributed by atoms with Crippen LogP contribution >= 0.6 is 11.6 Å². The normalized spacial score (nSPS) is 15.9. The molecule has 1 aliphatic heterocycles. The van der Waals surface area contributed by atoms with E-state index < -0.39 is 18.0 Å². The van der Waals surface area contributed by atoms with Gasteiger partial charge in [-0.15, -0.1) is 0 Å². The summed E-state index contributed by atoms with van der Waals surface area (Å²) in [6, 6.07) is 4.57. The third-order valence-corrected chi connectivity index (χ3v) is 3.94. The standard InChI is InChI=1S/C15H16ClF3N2O3/c1-24-12-4-3-10(16)9-11(12)13(22)20-5-2-6-21(8-7-20)14(23)15(17,18)19/h3-4,9H,2,5-8H2,1H3. The Labute approximate surface area is 141 Å². The molecular weight excluding hydrogens is 349 g/mol. The molecule has 0 unspecified atom stereocenters. The van der Waals surface area contributed by atoms with Gasteiger partial charge in [-0.3, -0.25) is 9.59 Å². The zero-order valence-electron chi connectivity index (χ0n) is 12.9. The van der Waals surface area contributed by atoms with Crippen molar-refractivity contribution in [2.75, 3.05) is 33.3 Å². The highest BCUT2D eigenvalue weighted by atomic mass is 35.5. The van der Waals surface area contributed by atoms with Gasteiger partial charge in [-0.2, -0.15) is 13.2 Å². The first-order valence-electron chi connectivity index (χ1n) is 7.23. The number of halogens is 4. The molecule has 0 atom stereocenters. The van der Waals surface area contributed by atoms with E-state index in [4.69, 9.17) is 16.3 Å². The van der Waals surface area contributed by atoms with Crippen LogP contribution in [0.25, 0.3) is 0 Å². The first-order valence-corrected chi connectivity index (χ1v) is 7.60. The number of carbonyl (C=O) groups excluding carboxylic acids is 2. The minimum absolute atomic E-state index is 0.0102. The summed E-state index contributed by atoms with van der Waals surface area (Å²) in [5.41, 5.74) is 0.237. The van der Waals surface area contributed by atoms with Crippen molar-refractivity contribution >= 4 is 23.4 Å². The largest absolute Gasteiger partial charge is 0.496 e. The first-order chi connectivity index (χ1) is 11.2. The molecule has 9 heteroatoms. The second kappa shape index (κ2) is 7.29. The maximum Gasteiger partial charge on any atom is 0.471 e. The van der Waals surface area contributed by atoms with Crippen LogP contribution in [0.3, 0.4) is 0 Å². The Balaban J connectivity index is 2.13. The summed E-state index contributed by atoms with van der Waals surface area (Å²) in [7, 11) is 1.41. The van der Waals surface area contributed by atoms with Gasteiger partial charge in [0.25, 0.3) is 5.91 Å². The molecule has 0 saturated carbocycles. The highest BCUT2D eigenvalue weighted by Crippen LogP contribution is 2.25. The summed E-state index contributed by atoms with van der Waals surface area (Å²) >= 11 is 5.90. The van der Waals surface area contributed by atoms with Gasteiger partial charge in [0.1, 0.15) is 5.75 Å². The number of hydrogen-bond donors (Lipinski definition) is 0. The Morgan fingerprint density at radius 1 is 1.12 bits per heavy atom. The lowest BCUT2D eigenvalue weighted by Gasteiger charge is -2.23. The van der Waals surface area contributed by atoms with E-state index in [0.717, 1.165) is 4.90 Å². The summed E-state index contributed by atoms with van der Waals surface area (Å²) < 4.78 is 42.7. The molecule has 0 radical (unpaired) electrons. The molecule has 0 aromatic heterocycles. The molecule has 1 heterocycles. The lowest BCUT2D eigenvalue weighted by atomic mass is 10.1. The van der Waals surface area contributed by atoms with Gasteiger partial charge in [0.05, 0.1) is 12.7 Å². The number of rotatable bonds is 2. The molecule has 5 nitrogen and oxygen atoms in total. The molecular formula is C15H16ClF3N2O3. The maximum absolute atomic E-state index is 12.6. The van der Waals surface area contributed by atoms with Crippen LogP contribution in [0.4, 0.5) is 13.2 Å². The highest BCUT2D eigenvalue weighted by Gasteiger charge is 2.42. The lowest BCUT2D eigenvalue weighted by Crippen LogP contribution is -2.43. The minimum atomic E-state index is -4.91. The van der Waals surface area contributed by atoms with Crippen molar-refractivity contribution in [3.05, 3.63) is 28.8 Å². The van der Waals surface area contributed by atoms with E-state index in [1.807, 2.05) is 0 Å². The van der Waals surface area contributed by atoms with E-state index in [9.17, 15) is 22.8 Å². The number of hydrogen-bond acceptors (Lipinski definition) is 3. The Kier molecular flexibility index (Phi) is 5.58. The fourth-order valence-electron chi connectivity index (χ4n) is 2.52. The lowest BCUT2D eigenvalue weighted by molar-refractivity contribution is -0.185. The molecule has 1 aromatic rings. The number of carbonyl (C=O) groups is 2. The number of nitrogens with zero attached hydrogens (tertiary/aromatic N) is 2. The molecule has 2 rings (SSSR count). The highest BCUT2D eigenvalue weighted by molar-refractivity contribution is 6.31. The second-order valence-electron chi connectivity index (χ2n) is 5.28. The molecule has 0 spiro atoms. The number of alkyl halides is 3. The van der Waals surface area contributed by atoms with Crippen molar-refractivity contribution in [3.8, 4) is 5.75 Å². The zero-order valence-corrected chi connectivity index (χ0v) is 13.7. The topological polar surface area (TPSA) is 49.9 Å². The van der Waals surface area contributed by atoms with Gasteiger partial charge >= 0.3 is 12.1 Å². The quantitative estimate of drug-likeness (QED) is 0.810. The minimum Gasteiger partial charge on any atom is -0.496 e. The van der Waals surface area contributed by atoms with Crippen molar-refractivity contribution in [2.45, 2.75) is 12.6 Å². The van der Waals surface area contributed by atoms with Gasteiger partial charge in [0.2, 0.25) is 0 Å². The van der Waals surface area contributed by atoms with Crippen LogP contribution in [0, 0.1) is 0 Å². The van der Waals surface area contributed by atoms with Crippen LogP contribution in [0.5, 0.6) is 5.75 Å². The van der Waals surface area contributed by atoms with E-state index in [0.29, 0.717) is 10.8 Å². The van der Waals surface area contributed by atoms with E-state index in [1.165, 1.54) is 18.1 Å². The monoisotopic (exact) mass is 364 g/mol. The first kappa shape index (κ1) is 18.4. The summed E-state index contributed by atoms with van der Waals surface area (Å²) in [6.07, 6.45) is -4.65. The molecule has 1 saturated heterocycles. The third-order valence-electron chi connectivity index (χ3n) is 3.70. The fourth-order valence-corrected chi connectivity index (χ4v) is 2.69. The van der Waals surface area contributed by atoms with Crippen molar-refractivity contribution in [3.63, 3.8) is 0 Å². The molecule has 0 N–H and O–H groups in total. The van der Waals surface area contributed by atoms with Crippen LogP contribution in [-0.2, 0) is 4.79 Å². The van der Waals surface area contributed by atoms with Crippen LogP contribution in [0.15, 0.2) is 18.2 Å². The Hall–Kier alpha value is -1.96. The number of methoxy groups -OCH3 is 1. The Morgan fingerprint density at radius 3 is 2.38 bits per heavy atom. The average molecular weight is 365 g/mol. The smallest absolute Gasteiger partial charge is 0.471 e. The van der Waals surface area contributed by atoms with Crippen molar-refractivity contribution < 1.29 is 27.5 Å². The Bertz CT molecular complexity index is 637. The summed E-state index contributed by atoms with van der Waals surface area (Å²) in [4.78, 5) is 26.1. The molecule has 1 aliphatic rings. The molecule has 24 heavy (non-hydrogen) atoms. The van der Waals surface area contributed by atoms with Crippen LogP contribution in [-0.4, -0.2) is 61.1 Å². The molecule has 0 bridgehead atoms. The Morgan fingerprint density at radius 2 is 1.75 bits per heavy atom. The second-order valence-corrected chi connectivity index (χ2v) is 5.72. The van der Waals surface area contributed by atoms with Crippen molar-refractivity contribution in [2.24, 2.45) is 0 Å². The predicted molar refractivity (Wildman–Crippen MR) is 81.2 cm³/mol. The van der Waals surface area contributed by atoms with Gasteiger partial charge in [0.15, 0.2) is 0 Å². The number of ether oxygens (including phenoxy) is 1. The van der Waals surface area contributed by atoms with Gasteiger partial charge < -0.3 is 14.5 Å². The third kappa shape index (κ3) is 4.11. The molecule has 2 amide bonds. The molecule has 0 aliphatic carbocycles. The van der Waals surface area contributed by atoms with E-state index in [-0.39, 0.29) is 38.2 Å². The molecule has 1 fully saturated rings.